The van der Waals surface area contributed by atoms with Crippen molar-refractivity contribution in [3.05, 3.63) is 78.4 Å². The molecule has 8 heteroatoms. The fourth-order valence-corrected chi connectivity index (χ4v) is 3.59. The molecule has 0 aliphatic carbocycles. The van der Waals surface area contributed by atoms with E-state index in [-0.39, 0.29) is 12.3 Å². The fraction of sp³-hybridized carbons (Fsp3) is 0.231. The van der Waals surface area contributed by atoms with Crippen LogP contribution in [0, 0.1) is 0 Å². The lowest BCUT2D eigenvalue weighted by Gasteiger charge is -2.12. The smallest absolute Gasteiger partial charge is 0.411 e. The summed E-state index contributed by atoms with van der Waals surface area (Å²) in [5, 5.41) is 6.64. The zero-order valence-electron chi connectivity index (χ0n) is 19.0. The number of hydrogen-bond donors (Lipinski definition) is 3. The van der Waals surface area contributed by atoms with Crippen LogP contribution in [0.2, 0.25) is 0 Å². The SMILES string of the molecule is CCCCOC(=O)Nc1cnc(-c2ccccc2)c(CC(=O)NCc2cc3cnccc3[nH]2)c1. The van der Waals surface area contributed by atoms with Crippen molar-refractivity contribution in [3.8, 4) is 11.3 Å². The Bertz CT molecular complexity index is 1240. The second kappa shape index (κ2) is 11.1. The highest BCUT2D eigenvalue weighted by atomic mass is 16.5. The molecule has 0 bridgehead atoms. The molecule has 0 fully saturated rings. The van der Waals surface area contributed by atoms with E-state index >= 15 is 0 Å². The molecule has 0 aliphatic rings. The molecule has 174 valence electrons. The van der Waals surface area contributed by atoms with E-state index in [4.69, 9.17) is 4.74 Å². The van der Waals surface area contributed by atoms with Crippen LogP contribution in [-0.4, -0.2) is 33.6 Å². The molecule has 0 unspecified atom stereocenters. The van der Waals surface area contributed by atoms with Gasteiger partial charge in [-0.1, -0.05) is 43.7 Å². The second-order valence-corrected chi connectivity index (χ2v) is 7.92. The molecule has 3 N–H and O–H groups in total. The van der Waals surface area contributed by atoms with Crippen molar-refractivity contribution in [1.82, 2.24) is 20.3 Å². The van der Waals surface area contributed by atoms with E-state index in [9.17, 15) is 9.59 Å². The summed E-state index contributed by atoms with van der Waals surface area (Å²) in [4.78, 5) is 36.8. The summed E-state index contributed by atoms with van der Waals surface area (Å²) in [6.45, 7) is 2.75. The lowest BCUT2D eigenvalue weighted by molar-refractivity contribution is -0.120. The van der Waals surface area contributed by atoms with Crippen molar-refractivity contribution in [3.63, 3.8) is 0 Å². The van der Waals surface area contributed by atoms with Crippen molar-refractivity contribution in [2.45, 2.75) is 32.7 Å². The van der Waals surface area contributed by atoms with Gasteiger partial charge in [0.05, 0.1) is 37.2 Å². The number of unbranched alkanes of at least 4 members (excludes halogenated alkanes) is 1. The van der Waals surface area contributed by atoms with Gasteiger partial charge >= 0.3 is 6.09 Å². The molecule has 0 radical (unpaired) electrons. The van der Waals surface area contributed by atoms with Gasteiger partial charge in [0.1, 0.15) is 0 Å². The first kappa shape index (κ1) is 23.0. The minimum Gasteiger partial charge on any atom is -0.449 e. The zero-order chi connectivity index (χ0) is 23.8. The van der Waals surface area contributed by atoms with E-state index < -0.39 is 6.09 Å². The number of fused-ring (bicyclic) bond motifs is 1. The Morgan fingerprint density at radius 2 is 1.94 bits per heavy atom. The number of benzene rings is 1. The quantitative estimate of drug-likeness (QED) is 0.312. The zero-order valence-corrected chi connectivity index (χ0v) is 19.0. The number of nitrogens with one attached hydrogen (secondary N) is 3. The van der Waals surface area contributed by atoms with Gasteiger partial charge < -0.3 is 15.0 Å². The maximum Gasteiger partial charge on any atom is 0.411 e. The van der Waals surface area contributed by atoms with Crippen molar-refractivity contribution in [2.75, 3.05) is 11.9 Å². The molecule has 3 aromatic heterocycles. The molecule has 2 amide bonds. The maximum absolute atomic E-state index is 12.8. The van der Waals surface area contributed by atoms with Gasteiger partial charge in [-0.3, -0.25) is 20.1 Å². The standard InChI is InChI=1S/C26H27N5O3/c1-2-3-11-34-26(33)31-22-12-19(25(29-17-22)18-7-5-4-6-8-18)14-24(32)28-16-21-13-20-15-27-10-9-23(20)30-21/h4-10,12-13,15,17,30H,2-3,11,14,16H2,1H3,(H,28,32)(H,31,33). The molecular weight excluding hydrogens is 430 g/mol. The lowest BCUT2D eigenvalue weighted by atomic mass is 10.0. The Labute approximate surface area is 197 Å². The highest BCUT2D eigenvalue weighted by Gasteiger charge is 2.14. The van der Waals surface area contributed by atoms with Crippen LogP contribution in [0.5, 0.6) is 0 Å². The van der Waals surface area contributed by atoms with Gasteiger partial charge in [-0.15, -0.1) is 0 Å². The maximum atomic E-state index is 12.8. The second-order valence-electron chi connectivity index (χ2n) is 7.92. The van der Waals surface area contributed by atoms with Gasteiger partial charge in [-0.25, -0.2) is 4.79 Å². The largest absolute Gasteiger partial charge is 0.449 e. The van der Waals surface area contributed by atoms with Gasteiger partial charge in [-0.05, 0) is 30.2 Å². The first-order valence-corrected chi connectivity index (χ1v) is 11.3. The molecule has 4 rings (SSSR count). The van der Waals surface area contributed by atoms with Crippen LogP contribution in [0.4, 0.5) is 10.5 Å². The number of hydrogen-bond acceptors (Lipinski definition) is 5. The molecule has 0 saturated carbocycles. The monoisotopic (exact) mass is 457 g/mol. The summed E-state index contributed by atoms with van der Waals surface area (Å²) >= 11 is 0. The number of carbonyl (C=O) groups is 2. The van der Waals surface area contributed by atoms with E-state index in [0.29, 0.717) is 30.1 Å². The van der Waals surface area contributed by atoms with Crippen LogP contribution >= 0.6 is 0 Å². The van der Waals surface area contributed by atoms with Crippen LogP contribution in [-0.2, 0) is 22.5 Å². The first-order chi connectivity index (χ1) is 16.6. The number of nitrogens with zero attached hydrogens (tertiary/aromatic N) is 2. The summed E-state index contributed by atoms with van der Waals surface area (Å²) < 4.78 is 5.17. The summed E-state index contributed by atoms with van der Waals surface area (Å²) in [5.74, 6) is -0.154. The number of rotatable bonds is 9. The predicted octanol–water partition coefficient (Wildman–Crippen LogP) is 4.83. The number of carbonyl (C=O) groups excluding carboxylic acids is 2. The molecule has 0 saturated heterocycles. The fourth-order valence-electron chi connectivity index (χ4n) is 3.59. The van der Waals surface area contributed by atoms with Crippen molar-refractivity contribution in [1.29, 1.82) is 0 Å². The number of aromatic amines is 1. The average Bonchev–Trinajstić information content (AvgIpc) is 3.27. The van der Waals surface area contributed by atoms with E-state index in [0.717, 1.165) is 35.0 Å². The van der Waals surface area contributed by atoms with Crippen molar-refractivity contribution < 1.29 is 14.3 Å². The van der Waals surface area contributed by atoms with E-state index in [1.54, 1.807) is 24.7 Å². The van der Waals surface area contributed by atoms with Crippen LogP contribution in [0.15, 0.2) is 67.1 Å². The molecule has 8 nitrogen and oxygen atoms in total. The number of aromatic nitrogens is 3. The first-order valence-electron chi connectivity index (χ1n) is 11.3. The van der Waals surface area contributed by atoms with E-state index in [2.05, 4.69) is 25.6 Å². The molecule has 0 spiro atoms. The van der Waals surface area contributed by atoms with Crippen molar-refractivity contribution >= 4 is 28.6 Å². The molecule has 0 atom stereocenters. The van der Waals surface area contributed by atoms with Gasteiger partial charge in [0.15, 0.2) is 0 Å². The van der Waals surface area contributed by atoms with E-state index in [1.807, 2.05) is 49.4 Å². The number of pyridine rings is 2. The molecule has 1 aromatic carbocycles. The summed E-state index contributed by atoms with van der Waals surface area (Å²) in [5.41, 5.74) is 4.63. The Kier molecular flexibility index (Phi) is 7.49. The minimum atomic E-state index is -0.536. The lowest BCUT2D eigenvalue weighted by Crippen LogP contribution is -2.25. The Balaban J connectivity index is 1.47. The Hall–Kier alpha value is -4.20. The molecular formula is C26H27N5O3. The number of amides is 2. The van der Waals surface area contributed by atoms with E-state index in [1.165, 1.54) is 0 Å². The van der Waals surface area contributed by atoms with Crippen LogP contribution in [0.1, 0.15) is 31.0 Å². The molecule has 3 heterocycles. The topological polar surface area (TPSA) is 109 Å². The summed E-state index contributed by atoms with van der Waals surface area (Å²) in [6.07, 6.45) is 6.39. The predicted molar refractivity (Wildman–Crippen MR) is 131 cm³/mol. The summed E-state index contributed by atoms with van der Waals surface area (Å²) in [7, 11) is 0. The Morgan fingerprint density at radius 1 is 1.09 bits per heavy atom. The van der Waals surface area contributed by atoms with Crippen LogP contribution in [0.3, 0.4) is 0 Å². The van der Waals surface area contributed by atoms with Crippen LogP contribution in [0.25, 0.3) is 22.2 Å². The highest BCUT2D eigenvalue weighted by molar-refractivity contribution is 5.86. The number of ether oxygens (including phenoxy) is 1. The molecule has 34 heavy (non-hydrogen) atoms. The number of anilines is 1. The third-order valence-corrected chi connectivity index (χ3v) is 5.30. The minimum absolute atomic E-state index is 0.111. The third kappa shape index (κ3) is 5.98. The molecule has 0 aliphatic heterocycles. The van der Waals surface area contributed by atoms with Crippen molar-refractivity contribution in [2.24, 2.45) is 0 Å². The average molecular weight is 458 g/mol. The molecule has 4 aromatic rings. The van der Waals surface area contributed by atoms with Gasteiger partial charge in [0.2, 0.25) is 5.91 Å². The van der Waals surface area contributed by atoms with Gasteiger partial charge in [0, 0.05) is 34.6 Å². The van der Waals surface area contributed by atoms with Gasteiger partial charge in [0.25, 0.3) is 0 Å². The van der Waals surface area contributed by atoms with Crippen LogP contribution < -0.4 is 10.6 Å². The summed E-state index contributed by atoms with van der Waals surface area (Å²) in [6, 6.07) is 15.3. The van der Waals surface area contributed by atoms with Gasteiger partial charge in [-0.2, -0.15) is 0 Å². The third-order valence-electron chi connectivity index (χ3n) is 5.30. The Morgan fingerprint density at radius 3 is 2.74 bits per heavy atom. The normalized spacial score (nSPS) is 10.7. The highest BCUT2D eigenvalue weighted by Crippen LogP contribution is 2.24. The number of H-pyrrole nitrogens is 1.